The maximum absolute atomic E-state index is 11.9. The van der Waals surface area contributed by atoms with Gasteiger partial charge >= 0.3 is 5.97 Å². The lowest BCUT2D eigenvalue weighted by molar-refractivity contribution is -0.116. The Bertz CT molecular complexity index is 772. The van der Waals surface area contributed by atoms with E-state index in [2.05, 4.69) is 20.6 Å². The van der Waals surface area contributed by atoms with Crippen LogP contribution >= 0.6 is 0 Å². The van der Waals surface area contributed by atoms with Gasteiger partial charge in [0, 0.05) is 30.0 Å². The fraction of sp³-hybridized carbons (Fsp3) is 0.294. The molecule has 0 aliphatic carbocycles. The number of phenols is 1. The smallest absolute Gasteiger partial charge is 0.339 e. The van der Waals surface area contributed by atoms with Crippen LogP contribution in [-0.2, 0) is 4.79 Å². The number of aryl methyl sites for hydroxylation is 2. The van der Waals surface area contributed by atoms with Crippen molar-refractivity contribution in [2.24, 2.45) is 0 Å². The molecule has 0 spiro atoms. The van der Waals surface area contributed by atoms with E-state index in [0.29, 0.717) is 24.6 Å². The van der Waals surface area contributed by atoms with Crippen molar-refractivity contribution in [2.45, 2.75) is 26.7 Å². The van der Waals surface area contributed by atoms with E-state index in [1.165, 1.54) is 18.2 Å². The minimum absolute atomic E-state index is 0.245. The number of hydrogen-bond acceptors (Lipinski definition) is 6. The van der Waals surface area contributed by atoms with E-state index < -0.39 is 5.97 Å². The molecule has 0 aliphatic heterocycles. The lowest BCUT2D eigenvalue weighted by Gasteiger charge is -2.08. The van der Waals surface area contributed by atoms with Crippen LogP contribution in [0.5, 0.6) is 5.75 Å². The molecule has 8 nitrogen and oxygen atoms in total. The lowest BCUT2D eigenvalue weighted by Crippen LogP contribution is -2.14. The molecule has 1 aromatic carbocycles. The second-order valence-corrected chi connectivity index (χ2v) is 5.59. The summed E-state index contributed by atoms with van der Waals surface area (Å²) >= 11 is 0. The minimum Gasteiger partial charge on any atom is -0.507 e. The molecule has 1 amide bonds. The summed E-state index contributed by atoms with van der Waals surface area (Å²) in [7, 11) is 0. The minimum atomic E-state index is -1.26. The van der Waals surface area contributed by atoms with Crippen molar-refractivity contribution in [1.29, 1.82) is 0 Å². The number of aromatic carboxylic acids is 1. The lowest BCUT2D eigenvalue weighted by atomic mass is 10.1. The molecule has 8 heteroatoms. The Morgan fingerprint density at radius 3 is 2.44 bits per heavy atom. The Morgan fingerprint density at radius 2 is 1.80 bits per heavy atom. The number of anilines is 2. The maximum Gasteiger partial charge on any atom is 0.339 e. The van der Waals surface area contributed by atoms with Crippen LogP contribution in [0.2, 0.25) is 0 Å². The van der Waals surface area contributed by atoms with E-state index in [1.54, 1.807) is 0 Å². The van der Waals surface area contributed by atoms with Crippen molar-refractivity contribution in [3.8, 4) is 5.75 Å². The number of benzene rings is 1. The van der Waals surface area contributed by atoms with E-state index in [9.17, 15) is 14.7 Å². The van der Waals surface area contributed by atoms with Crippen molar-refractivity contribution < 1.29 is 19.8 Å². The molecule has 0 saturated carbocycles. The largest absolute Gasteiger partial charge is 0.507 e. The summed E-state index contributed by atoms with van der Waals surface area (Å²) in [4.78, 5) is 31.4. The summed E-state index contributed by atoms with van der Waals surface area (Å²) < 4.78 is 0. The van der Waals surface area contributed by atoms with Gasteiger partial charge in [-0.05, 0) is 44.5 Å². The molecule has 0 atom stereocenters. The Morgan fingerprint density at radius 1 is 1.12 bits per heavy atom. The first-order chi connectivity index (χ1) is 11.8. The van der Waals surface area contributed by atoms with Gasteiger partial charge in [0.15, 0.2) is 0 Å². The van der Waals surface area contributed by atoms with Gasteiger partial charge in [0.1, 0.15) is 11.3 Å². The van der Waals surface area contributed by atoms with Gasteiger partial charge < -0.3 is 20.8 Å². The third kappa shape index (κ3) is 5.45. The molecule has 1 aromatic heterocycles. The zero-order valence-electron chi connectivity index (χ0n) is 14.0. The van der Waals surface area contributed by atoms with Gasteiger partial charge in [0.05, 0.1) is 0 Å². The van der Waals surface area contributed by atoms with Gasteiger partial charge in [-0.15, -0.1) is 0 Å². The number of hydrogen-bond donors (Lipinski definition) is 4. The zero-order valence-corrected chi connectivity index (χ0v) is 14.0. The van der Waals surface area contributed by atoms with Crippen LogP contribution in [0.3, 0.4) is 0 Å². The fourth-order valence-electron chi connectivity index (χ4n) is 2.26. The molecule has 0 saturated heterocycles. The second-order valence-electron chi connectivity index (χ2n) is 5.59. The van der Waals surface area contributed by atoms with Crippen LogP contribution in [0.25, 0.3) is 0 Å². The number of aromatic nitrogens is 2. The molecule has 0 fully saturated rings. The van der Waals surface area contributed by atoms with Crippen molar-refractivity contribution in [1.82, 2.24) is 9.97 Å². The quantitative estimate of drug-likeness (QED) is 0.449. The number of carboxylic acid groups (broad SMARTS) is 1. The normalized spacial score (nSPS) is 10.3. The molecular formula is C17H20N4O4. The Labute approximate surface area is 144 Å². The molecule has 132 valence electrons. The molecule has 4 N–H and O–H groups in total. The molecule has 2 aromatic rings. The number of aromatic hydroxyl groups is 1. The van der Waals surface area contributed by atoms with E-state index in [0.717, 1.165) is 11.4 Å². The van der Waals surface area contributed by atoms with Gasteiger partial charge in [-0.2, -0.15) is 0 Å². The van der Waals surface area contributed by atoms with Gasteiger partial charge in [0.2, 0.25) is 11.9 Å². The van der Waals surface area contributed by atoms with Crippen molar-refractivity contribution in [3.05, 3.63) is 41.2 Å². The third-order valence-corrected chi connectivity index (χ3v) is 3.36. The third-order valence-electron chi connectivity index (χ3n) is 3.36. The average Bonchev–Trinajstić information content (AvgIpc) is 2.52. The average molecular weight is 344 g/mol. The number of carbonyl (C=O) groups excluding carboxylic acids is 1. The fourth-order valence-corrected chi connectivity index (χ4v) is 2.26. The monoisotopic (exact) mass is 344 g/mol. The summed E-state index contributed by atoms with van der Waals surface area (Å²) in [6.45, 7) is 4.30. The highest BCUT2D eigenvalue weighted by atomic mass is 16.4. The predicted octanol–water partition coefficient (Wildman–Crippen LogP) is 2.33. The molecule has 25 heavy (non-hydrogen) atoms. The molecule has 0 radical (unpaired) electrons. The Balaban J connectivity index is 1.81. The van der Waals surface area contributed by atoms with Gasteiger partial charge in [-0.1, -0.05) is 0 Å². The van der Waals surface area contributed by atoms with Crippen LogP contribution in [0.15, 0.2) is 24.3 Å². The van der Waals surface area contributed by atoms with Crippen molar-refractivity contribution >= 4 is 23.5 Å². The van der Waals surface area contributed by atoms with Crippen LogP contribution < -0.4 is 10.6 Å². The van der Waals surface area contributed by atoms with Crippen LogP contribution in [-0.4, -0.2) is 38.6 Å². The number of carboxylic acids is 1. The summed E-state index contributed by atoms with van der Waals surface area (Å²) in [6, 6.07) is 5.78. The van der Waals surface area contributed by atoms with E-state index in [-0.39, 0.29) is 23.6 Å². The number of nitrogens with one attached hydrogen (secondary N) is 2. The van der Waals surface area contributed by atoms with Crippen molar-refractivity contribution in [2.75, 3.05) is 17.2 Å². The summed E-state index contributed by atoms with van der Waals surface area (Å²) in [5.41, 5.74) is 1.81. The van der Waals surface area contributed by atoms with Crippen LogP contribution in [0.4, 0.5) is 11.6 Å². The number of nitrogens with zero attached hydrogens (tertiary/aromatic N) is 2. The van der Waals surface area contributed by atoms with Gasteiger partial charge in [-0.3, -0.25) is 4.79 Å². The van der Waals surface area contributed by atoms with Gasteiger partial charge in [-0.25, -0.2) is 14.8 Å². The summed E-state index contributed by atoms with van der Waals surface area (Å²) in [5.74, 6) is -1.32. The first-order valence-corrected chi connectivity index (χ1v) is 7.77. The topological polar surface area (TPSA) is 124 Å². The SMILES string of the molecule is Cc1cc(C)nc(NCCCC(=O)Nc2ccc(O)c(C(=O)O)c2)n1. The Hall–Kier alpha value is -3.16. The summed E-state index contributed by atoms with van der Waals surface area (Å²) in [6.07, 6.45) is 0.813. The maximum atomic E-state index is 11.9. The summed E-state index contributed by atoms with van der Waals surface area (Å²) in [5, 5.41) is 24.1. The van der Waals surface area contributed by atoms with Gasteiger partial charge in [0.25, 0.3) is 0 Å². The number of rotatable bonds is 7. The predicted molar refractivity (Wildman–Crippen MR) is 92.9 cm³/mol. The highest BCUT2D eigenvalue weighted by molar-refractivity contribution is 5.95. The molecule has 2 rings (SSSR count). The first-order valence-electron chi connectivity index (χ1n) is 7.77. The zero-order chi connectivity index (χ0) is 18.4. The Kier molecular flexibility index (Phi) is 5.89. The standard InChI is InChI=1S/C17H20N4O4/c1-10-8-11(2)20-17(19-10)18-7-3-4-15(23)21-12-5-6-14(22)13(9-12)16(24)25/h5-6,8-9,22H,3-4,7H2,1-2H3,(H,21,23)(H,24,25)(H,18,19,20). The number of carbonyl (C=O) groups is 2. The molecule has 0 unspecified atom stereocenters. The highest BCUT2D eigenvalue weighted by Crippen LogP contribution is 2.21. The molecule has 0 bridgehead atoms. The van der Waals surface area contributed by atoms with Crippen molar-refractivity contribution in [3.63, 3.8) is 0 Å². The van der Waals surface area contributed by atoms with E-state index >= 15 is 0 Å². The van der Waals surface area contributed by atoms with E-state index in [1.807, 2.05) is 19.9 Å². The van der Waals surface area contributed by atoms with E-state index in [4.69, 9.17) is 5.11 Å². The van der Waals surface area contributed by atoms with Crippen LogP contribution in [0.1, 0.15) is 34.6 Å². The molecular weight excluding hydrogens is 324 g/mol. The molecule has 1 heterocycles. The molecule has 0 aliphatic rings. The first kappa shape index (κ1) is 18.2. The van der Waals surface area contributed by atoms with Crippen LogP contribution in [0, 0.1) is 13.8 Å². The highest BCUT2D eigenvalue weighted by Gasteiger charge is 2.11. The number of amides is 1. The second kappa shape index (κ2) is 8.09.